The number of carbonyl (C=O) groups excluding carboxylic acids is 1. The van der Waals surface area contributed by atoms with E-state index in [0.29, 0.717) is 54.1 Å². The van der Waals surface area contributed by atoms with E-state index in [4.69, 9.17) is 5.10 Å². The van der Waals surface area contributed by atoms with Crippen LogP contribution in [0.5, 0.6) is 0 Å². The van der Waals surface area contributed by atoms with Crippen molar-refractivity contribution in [3.05, 3.63) is 17.5 Å². The van der Waals surface area contributed by atoms with Gasteiger partial charge in [0.2, 0.25) is 0 Å². The monoisotopic (exact) mass is 445 g/mol. The van der Waals surface area contributed by atoms with Crippen LogP contribution in [0.3, 0.4) is 0 Å². The third kappa shape index (κ3) is 3.41. The lowest BCUT2D eigenvalue weighted by atomic mass is 9.86. The maximum Gasteiger partial charge on any atom is 0.151 e. The Kier molecular flexibility index (Phi) is 4.54. The molecule has 0 aromatic carbocycles. The standard InChI is InChI=1S/C24H35N3O3S/c1-15(2)27-22(11-21(25-27)16-3-5-18(28)6-4-16)23-19-9-17(10-20(19)23)26-8-7-24(12-26)13-31(29,30)14-24/h11,15-17,19-20,23H,3-10,12-14H2,1-2H3/t17?,19-,20+,23?. The number of Topliss-reactive ketones (excluding diaryl/α,β-unsaturated/α-hetero) is 1. The smallest absolute Gasteiger partial charge is 0.151 e. The number of rotatable bonds is 4. The van der Waals surface area contributed by atoms with Crippen molar-refractivity contribution < 1.29 is 13.2 Å². The number of nitrogens with zero attached hydrogens (tertiary/aromatic N) is 3. The molecule has 1 spiro atoms. The number of aromatic nitrogens is 2. The van der Waals surface area contributed by atoms with Crippen LogP contribution in [0.25, 0.3) is 0 Å². The average Bonchev–Trinajstić information content (AvgIpc) is 3.13. The molecule has 0 bridgehead atoms. The number of sulfone groups is 1. The summed E-state index contributed by atoms with van der Waals surface area (Å²) in [6.45, 7) is 6.53. The van der Waals surface area contributed by atoms with Gasteiger partial charge in [-0.05, 0) is 70.4 Å². The van der Waals surface area contributed by atoms with E-state index in [0.717, 1.165) is 44.2 Å². The van der Waals surface area contributed by atoms with Gasteiger partial charge in [-0.3, -0.25) is 14.4 Å². The van der Waals surface area contributed by atoms with E-state index in [1.165, 1.54) is 24.2 Å². The molecule has 1 aromatic rings. The van der Waals surface area contributed by atoms with E-state index < -0.39 is 9.84 Å². The van der Waals surface area contributed by atoms with Gasteiger partial charge >= 0.3 is 0 Å². The molecule has 0 radical (unpaired) electrons. The van der Waals surface area contributed by atoms with Crippen molar-refractivity contribution >= 4 is 15.6 Å². The second kappa shape index (κ2) is 6.89. The molecule has 170 valence electrons. The van der Waals surface area contributed by atoms with Crippen LogP contribution in [0.2, 0.25) is 0 Å². The third-order valence-electron chi connectivity index (χ3n) is 9.03. The lowest BCUT2D eigenvalue weighted by Crippen LogP contribution is -2.50. The predicted octanol–water partition coefficient (Wildman–Crippen LogP) is 3.30. The van der Waals surface area contributed by atoms with Crippen molar-refractivity contribution in [2.75, 3.05) is 24.6 Å². The molecule has 7 heteroatoms. The Hall–Kier alpha value is -1.21. The van der Waals surface area contributed by atoms with Crippen LogP contribution in [0.1, 0.15) is 88.1 Å². The summed E-state index contributed by atoms with van der Waals surface area (Å²) in [7, 11) is -2.75. The summed E-state index contributed by atoms with van der Waals surface area (Å²) in [6.07, 6.45) is 6.92. The van der Waals surface area contributed by atoms with E-state index >= 15 is 0 Å². The Morgan fingerprint density at radius 1 is 1.13 bits per heavy atom. The maximum absolute atomic E-state index is 11.7. The van der Waals surface area contributed by atoms with Gasteiger partial charge in [0, 0.05) is 54.4 Å². The van der Waals surface area contributed by atoms with Crippen molar-refractivity contribution in [3.8, 4) is 0 Å². The fraction of sp³-hybridized carbons (Fsp3) is 0.833. The highest BCUT2D eigenvalue weighted by Crippen LogP contribution is 2.64. The highest BCUT2D eigenvalue weighted by molar-refractivity contribution is 7.92. The second-order valence-corrected chi connectivity index (χ2v) is 13.6. The molecule has 1 aromatic heterocycles. The molecule has 4 atom stereocenters. The minimum Gasteiger partial charge on any atom is -0.300 e. The summed E-state index contributed by atoms with van der Waals surface area (Å²) in [6, 6.07) is 3.39. The van der Waals surface area contributed by atoms with Gasteiger partial charge in [0.15, 0.2) is 9.84 Å². The first-order chi connectivity index (χ1) is 14.7. The van der Waals surface area contributed by atoms with Crippen LogP contribution in [0, 0.1) is 17.3 Å². The number of hydrogen-bond donors (Lipinski definition) is 0. The predicted molar refractivity (Wildman–Crippen MR) is 119 cm³/mol. The highest BCUT2D eigenvalue weighted by atomic mass is 32.2. The molecule has 6 nitrogen and oxygen atoms in total. The minimum atomic E-state index is -2.75. The van der Waals surface area contributed by atoms with Gasteiger partial charge in [-0.1, -0.05) is 0 Å². The Morgan fingerprint density at radius 3 is 2.42 bits per heavy atom. The fourth-order valence-corrected chi connectivity index (χ4v) is 9.74. The van der Waals surface area contributed by atoms with Crippen molar-refractivity contribution in [1.82, 2.24) is 14.7 Å². The van der Waals surface area contributed by atoms with Crippen LogP contribution in [0.15, 0.2) is 6.07 Å². The van der Waals surface area contributed by atoms with E-state index in [1.54, 1.807) is 0 Å². The van der Waals surface area contributed by atoms with E-state index in [-0.39, 0.29) is 5.41 Å². The molecule has 5 aliphatic rings. The Balaban J connectivity index is 1.12. The zero-order valence-electron chi connectivity index (χ0n) is 18.8. The SMILES string of the molecule is CC(C)n1nc(C2CCC(=O)CC2)cc1C1[C@H]2CC(N3CCC4(C3)CS(=O)(=O)C4)C[C@@H]12. The molecular formula is C24H35N3O3S. The van der Waals surface area contributed by atoms with Crippen molar-refractivity contribution in [2.24, 2.45) is 17.3 Å². The number of fused-ring (bicyclic) bond motifs is 1. The summed E-state index contributed by atoms with van der Waals surface area (Å²) >= 11 is 0. The molecule has 2 saturated heterocycles. The molecule has 3 aliphatic carbocycles. The van der Waals surface area contributed by atoms with Crippen molar-refractivity contribution in [2.45, 2.75) is 82.7 Å². The largest absolute Gasteiger partial charge is 0.300 e. The first kappa shape index (κ1) is 20.4. The van der Waals surface area contributed by atoms with Crippen LogP contribution in [0.4, 0.5) is 0 Å². The molecule has 0 N–H and O–H groups in total. The van der Waals surface area contributed by atoms with E-state index in [9.17, 15) is 13.2 Å². The molecule has 2 unspecified atom stereocenters. The van der Waals surface area contributed by atoms with Crippen molar-refractivity contribution in [3.63, 3.8) is 0 Å². The van der Waals surface area contributed by atoms with Crippen molar-refractivity contribution in [1.29, 1.82) is 0 Å². The van der Waals surface area contributed by atoms with Gasteiger partial charge in [0.1, 0.15) is 5.78 Å². The Bertz CT molecular complexity index is 979. The molecule has 31 heavy (non-hydrogen) atoms. The number of hydrogen-bond acceptors (Lipinski definition) is 5. The van der Waals surface area contributed by atoms with Gasteiger partial charge in [0.25, 0.3) is 0 Å². The quantitative estimate of drug-likeness (QED) is 0.711. The van der Waals surface area contributed by atoms with Gasteiger partial charge in [-0.2, -0.15) is 5.10 Å². The first-order valence-corrected chi connectivity index (χ1v) is 14.1. The topological polar surface area (TPSA) is 72.3 Å². The van der Waals surface area contributed by atoms with Crippen LogP contribution >= 0.6 is 0 Å². The summed E-state index contributed by atoms with van der Waals surface area (Å²) in [5, 5.41) is 5.03. The lowest BCUT2D eigenvalue weighted by molar-refractivity contribution is -0.120. The number of ketones is 1. The molecule has 2 aliphatic heterocycles. The molecule has 6 rings (SSSR count). The zero-order chi connectivity index (χ0) is 21.5. The summed E-state index contributed by atoms with van der Waals surface area (Å²) in [5.74, 6) is 3.87. The summed E-state index contributed by atoms with van der Waals surface area (Å²) < 4.78 is 25.7. The maximum atomic E-state index is 11.7. The Morgan fingerprint density at radius 2 is 1.81 bits per heavy atom. The number of likely N-dealkylation sites (tertiary alicyclic amines) is 1. The van der Waals surface area contributed by atoms with Gasteiger partial charge < -0.3 is 0 Å². The zero-order valence-corrected chi connectivity index (χ0v) is 19.6. The Labute approximate surface area is 185 Å². The van der Waals surface area contributed by atoms with E-state index in [2.05, 4.69) is 29.5 Å². The van der Waals surface area contributed by atoms with Crippen LogP contribution < -0.4 is 0 Å². The van der Waals surface area contributed by atoms with Crippen LogP contribution in [-0.4, -0.2) is 59.5 Å². The third-order valence-corrected chi connectivity index (χ3v) is 11.1. The molecule has 5 fully saturated rings. The average molecular weight is 446 g/mol. The van der Waals surface area contributed by atoms with Gasteiger partial charge in [-0.25, -0.2) is 8.42 Å². The molecule has 3 saturated carbocycles. The van der Waals surface area contributed by atoms with Gasteiger partial charge in [0.05, 0.1) is 17.2 Å². The van der Waals surface area contributed by atoms with E-state index in [1.807, 2.05) is 0 Å². The van der Waals surface area contributed by atoms with Crippen LogP contribution in [-0.2, 0) is 14.6 Å². The normalized spacial score (nSPS) is 36.8. The highest BCUT2D eigenvalue weighted by Gasteiger charge is 2.60. The fourth-order valence-electron chi connectivity index (χ4n) is 7.48. The molecular weight excluding hydrogens is 410 g/mol. The summed E-state index contributed by atoms with van der Waals surface area (Å²) in [4.78, 5) is 14.3. The lowest BCUT2D eigenvalue weighted by Gasteiger charge is -2.38. The first-order valence-electron chi connectivity index (χ1n) is 12.3. The minimum absolute atomic E-state index is 0.0809. The number of carbonyl (C=O) groups is 1. The molecule has 3 heterocycles. The second-order valence-electron chi connectivity index (χ2n) is 11.6. The van der Waals surface area contributed by atoms with Gasteiger partial charge in [-0.15, -0.1) is 0 Å². The molecule has 0 amide bonds. The summed E-state index contributed by atoms with van der Waals surface area (Å²) in [5.41, 5.74) is 2.72.